The lowest BCUT2D eigenvalue weighted by molar-refractivity contribution is 0.0827. The van der Waals surface area contributed by atoms with E-state index in [0.29, 0.717) is 17.6 Å². The first-order valence-corrected chi connectivity index (χ1v) is 9.85. The number of rotatable bonds is 4. The van der Waals surface area contributed by atoms with Crippen molar-refractivity contribution in [2.24, 2.45) is 0 Å². The number of amides is 1. The van der Waals surface area contributed by atoms with E-state index in [1.54, 1.807) is 25.2 Å². The highest BCUT2D eigenvalue weighted by Crippen LogP contribution is 2.28. The van der Waals surface area contributed by atoms with Crippen molar-refractivity contribution in [1.29, 1.82) is 0 Å². The molecule has 2 aliphatic rings. The summed E-state index contributed by atoms with van der Waals surface area (Å²) >= 11 is 0. The highest BCUT2D eigenvalue weighted by atomic mass is 16.2. The van der Waals surface area contributed by atoms with Gasteiger partial charge in [0.1, 0.15) is 5.82 Å². The summed E-state index contributed by atoms with van der Waals surface area (Å²) in [5.41, 5.74) is 3.65. The maximum atomic E-state index is 12.0. The van der Waals surface area contributed by atoms with Crippen LogP contribution in [-0.2, 0) is 12.8 Å². The fourth-order valence-electron chi connectivity index (χ4n) is 4.32. The Morgan fingerprint density at radius 3 is 2.52 bits per heavy atom. The summed E-state index contributed by atoms with van der Waals surface area (Å²) in [5.74, 6) is 0.838. The number of fused-ring (bicyclic) bond motifs is 1. The Morgan fingerprint density at radius 2 is 1.89 bits per heavy atom. The van der Waals surface area contributed by atoms with E-state index in [9.17, 15) is 4.79 Å². The Morgan fingerprint density at radius 1 is 1.15 bits per heavy atom. The summed E-state index contributed by atoms with van der Waals surface area (Å²) in [6, 6.07) is 13.7. The van der Waals surface area contributed by atoms with Gasteiger partial charge >= 0.3 is 0 Å². The van der Waals surface area contributed by atoms with E-state index in [-0.39, 0.29) is 5.91 Å². The van der Waals surface area contributed by atoms with Crippen LogP contribution >= 0.6 is 0 Å². The van der Waals surface area contributed by atoms with E-state index in [1.165, 1.54) is 36.9 Å². The number of carbonyl (C=O) groups is 1. The van der Waals surface area contributed by atoms with Gasteiger partial charge in [-0.15, -0.1) is 0 Å². The molecule has 1 N–H and O–H groups in total. The topological polar surface area (TPSA) is 48.5 Å². The summed E-state index contributed by atoms with van der Waals surface area (Å²) in [6.07, 6.45) is 6.38. The molecule has 1 atom stereocenters. The molecule has 1 unspecified atom stereocenters. The standard InChI is InChI=1S/C22H28N4O/c1-25(2)22(27)18-9-10-21(23-14-18)24-19-8-5-11-26(15-19)20-12-16-6-3-4-7-17(16)13-20/h3-4,6-7,9-10,14,19-20H,5,8,11-13,15H2,1-2H3,(H,23,24). The first-order chi connectivity index (χ1) is 13.1. The molecule has 1 saturated heterocycles. The predicted molar refractivity (Wildman–Crippen MR) is 108 cm³/mol. The number of anilines is 1. The van der Waals surface area contributed by atoms with Crippen molar-refractivity contribution in [2.45, 2.75) is 37.8 Å². The fraction of sp³-hybridized carbons (Fsp3) is 0.455. The Kier molecular flexibility index (Phi) is 5.12. The predicted octanol–water partition coefficient (Wildman–Crippen LogP) is 2.83. The van der Waals surface area contributed by atoms with Crippen molar-refractivity contribution < 1.29 is 4.79 Å². The number of nitrogens with one attached hydrogen (secondary N) is 1. The van der Waals surface area contributed by atoms with Crippen LogP contribution in [-0.4, -0.2) is 60.0 Å². The van der Waals surface area contributed by atoms with Gasteiger partial charge in [0, 0.05) is 38.9 Å². The van der Waals surface area contributed by atoms with Crippen LogP contribution in [0, 0.1) is 0 Å². The molecule has 1 aliphatic heterocycles. The molecule has 1 fully saturated rings. The molecule has 5 heteroatoms. The van der Waals surface area contributed by atoms with Crippen molar-refractivity contribution in [3.63, 3.8) is 0 Å². The van der Waals surface area contributed by atoms with Gasteiger partial charge in [0.15, 0.2) is 0 Å². The second-order valence-electron chi connectivity index (χ2n) is 7.94. The minimum atomic E-state index is -0.0151. The third-order valence-corrected chi connectivity index (χ3v) is 5.77. The minimum absolute atomic E-state index is 0.0151. The first-order valence-electron chi connectivity index (χ1n) is 9.85. The second kappa shape index (κ2) is 7.69. The van der Waals surface area contributed by atoms with Crippen LogP contribution in [0.4, 0.5) is 5.82 Å². The smallest absolute Gasteiger partial charge is 0.254 e. The van der Waals surface area contributed by atoms with Crippen LogP contribution in [0.5, 0.6) is 0 Å². The zero-order chi connectivity index (χ0) is 18.8. The van der Waals surface area contributed by atoms with Gasteiger partial charge in [0.2, 0.25) is 0 Å². The lowest BCUT2D eigenvalue weighted by Crippen LogP contribution is -2.47. The van der Waals surface area contributed by atoms with Crippen molar-refractivity contribution in [3.05, 3.63) is 59.3 Å². The zero-order valence-corrected chi connectivity index (χ0v) is 16.2. The Hall–Kier alpha value is -2.40. The highest BCUT2D eigenvalue weighted by molar-refractivity contribution is 5.93. The van der Waals surface area contributed by atoms with Crippen LogP contribution in [0.3, 0.4) is 0 Å². The minimum Gasteiger partial charge on any atom is -0.366 e. The van der Waals surface area contributed by atoms with Gasteiger partial charge < -0.3 is 10.2 Å². The molecule has 1 aromatic heterocycles. The molecule has 1 aliphatic carbocycles. The molecular formula is C22H28N4O. The van der Waals surface area contributed by atoms with E-state index >= 15 is 0 Å². The fourth-order valence-corrected chi connectivity index (χ4v) is 4.32. The van der Waals surface area contributed by atoms with Crippen LogP contribution in [0.2, 0.25) is 0 Å². The largest absolute Gasteiger partial charge is 0.366 e. The van der Waals surface area contributed by atoms with Gasteiger partial charge in [0.05, 0.1) is 5.56 Å². The third-order valence-electron chi connectivity index (χ3n) is 5.77. The SMILES string of the molecule is CN(C)C(=O)c1ccc(NC2CCCN(C3Cc4ccccc4C3)C2)nc1. The van der Waals surface area contributed by atoms with E-state index in [0.717, 1.165) is 18.8 Å². The molecule has 1 aromatic carbocycles. The Labute approximate surface area is 161 Å². The monoisotopic (exact) mass is 364 g/mol. The average Bonchev–Trinajstić information content (AvgIpc) is 3.12. The number of carbonyl (C=O) groups excluding carboxylic acids is 1. The van der Waals surface area contributed by atoms with Gasteiger partial charge in [0.25, 0.3) is 5.91 Å². The molecule has 0 spiro atoms. The number of likely N-dealkylation sites (tertiary alicyclic amines) is 1. The number of benzene rings is 1. The maximum absolute atomic E-state index is 12.0. The molecule has 0 saturated carbocycles. The van der Waals surface area contributed by atoms with Gasteiger partial charge in [-0.1, -0.05) is 24.3 Å². The molecule has 0 bridgehead atoms. The van der Waals surface area contributed by atoms with Gasteiger partial charge in [-0.05, 0) is 55.5 Å². The summed E-state index contributed by atoms with van der Waals surface area (Å²) in [7, 11) is 3.51. The van der Waals surface area contributed by atoms with Crippen LogP contribution in [0.25, 0.3) is 0 Å². The zero-order valence-electron chi connectivity index (χ0n) is 16.2. The molecule has 2 aromatic rings. The molecule has 142 valence electrons. The summed E-state index contributed by atoms with van der Waals surface area (Å²) in [6.45, 7) is 2.24. The van der Waals surface area contributed by atoms with Crippen molar-refractivity contribution in [1.82, 2.24) is 14.8 Å². The number of aromatic nitrogens is 1. The van der Waals surface area contributed by atoms with Crippen LogP contribution in [0.15, 0.2) is 42.6 Å². The van der Waals surface area contributed by atoms with E-state index in [4.69, 9.17) is 0 Å². The number of hydrogen-bond donors (Lipinski definition) is 1. The maximum Gasteiger partial charge on any atom is 0.254 e. The molecule has 1 amide bonds. The van der Waals surface area contributed by atoms with E-state index in [1.807, 2.05) is 12.1 Å². The van der Waals surface area contributed by atoms with Gasteiger partial charge in [-0.25, -0.2) is 4.98 Å². The molecule has 4 rings (SSSR count). The van der Waals surface area contributed by atoms with E-state index < -0.39 is 0 Å². The third kappa shape index (κ3) is 3.98. The number of hydrogen-bond acceptors (Lipinski definition) is 4. The normalized spacial score (nSPS) is 20.3. The summed E-state index contributed by atoms with van der Waals surface area (Å²) in [5, 5.41) is 3.57. The molecule has 5 nitrogen and oxygen atoms in total. The highest BCUT2D eigenvalue weighted by Gasteiger charge is 2.30. The van der Waals surface area contributed by atoms with E-state index in [2.05, 4.69) is 39.5 Å². The Balaban J connectivity index is 1.36. The average molecular weight is 364 g/mol. The summed E-state index contributed by atoms with van der Waals surface area (Å²) in [4.78, 5) is 20.7. The number of piperidine rings is 1. The number of nitrogens with zero attached hydrogens (tertiary/aromatic N) is 3. The molecule has 27 heavy (non-hydrogen) atoms. The molecule has 0 radical (unpaired) electrons. The van der Waals surface area contributed by atoms with Crippen molar-refractivity contribution >= 4 is 11.7 Å². The second-order valence-corrected chi connectivity index (χ2v) is 7.94. The van der Waals surface area contributed by atoms with Crippen molar-refractivity contribution in [2.75, 3.05) is 32.5 Å². The molecule has 2 heterocycles. The lowest BCUT2D eigenvalue weighted by atomic mass is 10.0. The van der Waals surface area contributed by atoms with Crippen LogP contribution < -0.4 is 5.32 Å². The lowest BCUT2D eigenvalue weighted by Gasteiger charge is -2.37. The number of pyridine rings is 1. The first kappa shape index (κ1) is 18.0. The van der Waals surface area contributed by atoms with Gasteiger partial charge in [-0.2, -0.15) is 0 Å². The van der Waals surface area contributed by atoms with Crippen molar-refractivity contribution in [3.8, 4) is 0 Å². The Bertz CT molecular complexity index is 777. The molecular weight excluding hydrogens is 336 g/mol. The summed E-state index contributed by atoms with van der Waals surface area (Å²) < 4.78 is 0. The van der Waals surface area contributed by atoms with Crippen LogP contribution in [0.1, 0.15) is 34.3 Å². The quantitative estimate of drug-likeness (QED) is 0.906. The van der Waals surface area contributed by atoms with Gasteiger partial charge in [-0.3, -0.25) is 9.69 Å².